The van der Waals surface area contributed by atoms with Gasteiger partial charge in [0.05, 0.1) is 5.69 Å². The number of hydrogen-bond donors (Lipinski definition) is 1. The number of rotatable bonds is 7. The Hall–Kier alpha value is -4.04. The largest absolute Gasteiger partial charge is 0.423 e. The topological polar surface area (TPSA) is 113 Å². The molecule has 0 aliphatic rings. The first-order valence-corrected chi connectivity index (χ1v) is 11.4. The first kappa shape index (κ1) is 24.1. The molecule has 8 nitrogen and oxygen atoms in total. The van der Waals surface area contributed by atoms with Gasteiger partial charge in [0.15, 0.2) is 17.2 Å². The van der Waals surface area contributed by atoms with Gasteiger partial charge in [-0.05, 0) is 44.0 Å². The van der Waals surface area contributed by atoms with Crippen molar-refractivity contribution in [1.82, 2.24) is 19.7 Å². The second-order valence-corrected chi connectivity index (χ2v) is 8.77. The Labute approximate surface area is 207 Å². The third kappa shape index (κ3) is 5.38. The number of aromatic nitrogens is 4. The molecule has 0 spiro atoms. The minimum Gasteiger partial charge on any atom is -0.423 e. The smallest absolute Gasteiger partial charge is 0.321 e. The summed E-state index contributed by atoms with van der Waals surface area (Å²) in [6.07, 6.45) is 4.53. The summed E-state index contributed by atoms with van der Waals surface area (Å²) >= 11 is 6.14. The fourth-order valence-electron chi connectivity index (χ4n) is 3.35. The van der Waals surface area contributed by atoms with Crippen molar-refractivity contribution >= 4 is 23.1 Å². The zero-order valence-electron chi connectivity index (χ0n) is 19.5. The fraction of sp³-hybridized carbons (Fsp3) is 0.192. The van der Waals surface area contributed by atoms with Crippen LogP contribution in [0.25, 0.3) is 11.1 Å². The molecular formula is C26H24ClN5O3. The number of halogens is 1. The first-order chi connectivity index (χ1) is 16.7. The zero-order chi connectivity index (χ0) is 25.1. The summed E-state index contributed by atoms with van der Waals surface area (Å²) < 4.78 is 7.22. The molecule has 0 fully saturated rings. The van der Waals surface area contributed by atoms with E-state index in [1.165, 1.54) is 12.4 Å². The van der Waals surface area contributed by atoms with Crippen LogP contribution in [0.2, 0.25) is 5.02 Å². The number of carbonyl (C=O) groups excluding carboxylic acids is 1. The lowest BCUT2D eigenvalue weighted by Gasteiger charge is -2.13. The predicted octanol–water partition coefficient (Wildman–Crippen LogP) is 5.04. The molecule has 0 radical (unpaired) electrons. The minimum atomic E-state index is -0.422. The van der Waals surface area contributed by atoms with Crippen molar-refractivity contribution in [2.75, 3.05) is 5.73 Å². The van der Waals surface area contributed by atoms with Gasteiger partial charge in [0.1, 0.15) is 5.02 Å². The van der Waals surface area contributed by atoms with Gasteiger partial charge in [0.25, 0.3) is 0 Å². The second kappa shape index (κ2) is 10.1. The highest BCUT2D eigenvalue weighted by atomic mass is 35.5. The summed E-state index contributed by atoms with van der Waals surface area (Å²) in [6, 6.07) is 12.6. The maximum Gasteiger partial charge on any atom is 0.321 e. The van der Waals surface area contributed by atoms with Gasteiger partial charge in [0.2, 0.25) is 5.43 Å². The number of nitrogens with two attached hydrogens (primary N) is 1. The molecule has 4 aromatic rings. The van der Waals surface area contributed by atoms with Crippen molar-refractivity contribution < 1.29 is 9.53 Å². The lowest BCUT2D eigenvalue weighted by atomic mass is 10.0. The monoisotopic (exact) mass is 489 g/mol. The molecule has 0 bridgehead atoms. The van der Waals surface area contributed by atoms with Gasteiger partial charge in [-0.2, -0.15) is 5.10 Å². The van der Waals surface area contributed by atoms with E-state index in [1.807, 2.05) is 45.0 Å². The molecule has 0 unspecified atom stereocenters. The van der Waals surface area contributed by atoms with Crippen molar-refractivity contribution in [1.29, 1.82) is 0 Å². The number of ketones is 1. The molecule has 0 saturated carbocycles. The van der Waals surface area contributed by atoms with E-state index in [-0.39, 0.29) is 29.2 Å². The first-order valence-electron chi connectivity index (χ1n) is 11.0. The molecule has 2 N–H and O–H groups in total. The van der Waals surface area contributed by atoms with Gasteiger partial charge in [-0.1, -0.05) is 47.5 Å². The van der Waals surface area contributed by atoms with Gasteiger partial charge in [-0.25, -0.2) is 9.97 Å². The number of nitrogens with zero attached hydrogens (tertiary/aromatic N) is 4. The summed E-state index contributed by atoms with van der Waals surface area (Å²) in [6.45, 7) is 5.84. The number of carbonyl (C=O) groups is 1. The van der Waals surface area contributed by atoms with Crippen LogP contribution >= 0.6 is 11.6 Å². The highest BCUT2D eigenvalue weighted by Gasteiger charge is 2.20. The van der Waals surface area contributed by atoms with Gasteiger partial charge in [0, 0.05) is 36.6 Å². The molecule has 2 aromatic carbocycles. The molecule has 0 aliphatic carbocycles. The van der Waals surface area contributed by atoms with Gasteiger partial charge < -0.3 is 10.5 Å². The summed E-state index contributed by atoms with van der Waals surface area (Å²) in [5.41, 5.74) is 8.37. The fourth-order valence-corrected chi connectivity index (χ4v) is 3.52. The van der Waals surface area contributed by atoms with Crippen molar-refractivity contribution in [2.45, 2.75) is 33.2 Å². The van der Waals surface area contributed by atoms with E-state index in [0.29, 0.717) is 22.6 Å². The quantitative estimate of drug-likeness (QED) is 0.285. The maximum atomic E-state index is 13.2. The number of aryl methyl sites for hydroxylation is 1. The van der Waals surface area contributed by atoms with Gasteiger partial charge >= 0.3 is 6.01 Å². The van der Waals surface area contributed by atoms with E-state index in [2.05, 4.69) is 15.1 Å². The number of anilines is 1. The van der Waals surface area contributed by atoms with Crippen molar-refractivity contribution in [3.05, 3.63) is 93.1 Å². The molecule has 4 rings (SSSR count). The molecular weight excluding hydrogens is 466 g/mol. The van der Waals surface area contributed by atoms with Crippen LogP contribution in [0, 0.1) is 6.92 Å². The Morgan fingerprint density at radius 3 is 2.46 bits per heavy atom. The molecule has 0 amide bonds. The van der Waals surface area contributed by atoms with Crippen LogP contribution in [0.5, 0.6) is 11.8 Å². The molecule has 35 heavy (non-hydrogen) atoms. The number of nitrogen functional groups attached to an aromatic ring is 1. The van der Waals surface area contributed by atoms with E-state index < -0.39 is 11.2 Å². The van der Waals surface area contributed by atoms with E-state index in [1.54, 1.807) is 29.1 Å². The van der Waals surface area contributed by atoms with E-state index in [4.69, 9.17) is 22.1 Å². The Bertz CT molecular complexity index is 1430. The second-order valence-electron chi connectivity index (χ2n) is 8.40. The normalized spacial score (nSPS) is 11.0. The molecule has 2 heterocycles. The summed E-state index contributed by atoms with van der Waals surface area (Å²) in [7, 11) is 0. The van der Waals surface area contributed by atoms with Crippen molar-refractivity contribution in [3.8, 4) is 22.9 Å². The Balaban J connectivity index is 1.59. The SMILES string of the molecule is Cc1ccc(-c2cn(C(C)C)nc(C(=O)Cc3cnc(Oc4cccc(N)c4Cl)nc3)c2=O)cc1. The van der Waals surface area contributed by atoms with E-state index in [9.17, 15) is 9.59 Å². The molecule has 178 valence electrons. The zero-order valence-corrected chi connectivity index (χ0v) is 20.3. The lowest BCUT2D eigenvalue weighted by molar-refractivity contribution is 0.0984. The van der Waals surface area contributed by atoms with Crippen LogP contribution < -0.4 is 15.9 Å². The van der Waals surface area contributed by atoms with Crippen LogP contribution in [-0.2, 0) is 6.42 Å². The number of benzene rings is 2. The van der Waals surface area contributed by atoms with E-state index >= 15 is 0 Å². The average Bonchev–Trinajstić information content (AvgIpc) is 2.84. The Kier molecular flexibility index (Phi) is 6.93. The lowest BCUT2D eigenvalue weighted by Crippen LogP contribution is -2.25. The van der Waals surface area contributed by atoms with Crippen LogP contribution in [-0.4, -0.2) is 25.5 Å². The Morgan fingerprint density at radius 2 is 1.80 bits per heavy atom. The highest BCUT2D eigenvalue weighted by molar-refractivity contribution is 6.34. The maximum absolute atomic E-state index is 13.2. The van der Waals surface area contributed by atoms with Crippen molar-refractivity contribution in [3.63, 3.8) is 0 Å². The van der Waals surface area contributed by atoms with E-state index in [0.717, 1.165) is 11.1 Å². The summed E-state index contributed by atoms with van der Waals surface area (Å²) in [5, 5.41) is 4.59. The number of ether oxygens (including phenoxy) is 1. The molecule has 2 aromatic heterocycles. The molecule has 9 heteroatoms. The Morgan fingerprint density at radius 1 is 1.11 bits per heavy atom. The van der Waals surface area contributed by atoms with Crippen LogP contribution in [0.3, 0.4) is 0 Å². The summed E-state index contributed by atoms with van der Waals surface area (Å²) in [5.74, 6) is -0.101. The molecule has 0 aliphatic heterocycles. The third-order valence-corrected chi connectivity index (χ3v) is 5.74. The highest BCUT2D eigenvalue weighted by Crippen LogP contribution is 2.32. The third-order valence-electron chi connectivity index (χ3n) is 5.33. The average molecular weight is 490 g/mol. The van der Waals surface area contributed by atoms with Crippen LogP contribution in [0.1, 0.15) is 41.5 Å². The minimum absolute atomic E-state index is 0.0371. The van der Waals surface area contributed by atoms with Crippen molar-refractivity contribution in [2.24, 2.45) is 0 Å². The predicted molar refractivity (Wildman–Crippen MR) is 135 cm³/mol. The standard InChI is InChI=1S/C26H24ClN5O3/c1-15(2)32-14-19(18-9-7-16(3)8-10-18)25(34)24(31-32)21(33)11-17-12-29-26(30-13-17)35-22-6-4-5-20(28)23(22)27/h4-10,12-15H,11,28H2,1-3H3. The molecule has 0 saturated heterocycles. The van der Waals surface area contributed by atoms with Gasteiger partial charge in [-0.15, -0.1) is 0 Å². The van der Waals surface area contributed by atoms with Crippen LogP contribution in [0.4, 0.5) is 5.69 Å². The number of Topliss-reactive ketones (excluding diaryl/α,β-unsaturated/α-hetero) is 1. The van der Waals surface area contributed by atoms with Crippen LogP contribution in [0.15, 0.2) is 65.8 Å². The van der Waals surface area contributed by atoms with Gasteiger partial charge in [-0.3, -0.25) is 14.3 Å². The number of hydrogen-bond acceptors (Lipinski definition) is 7. The summed E-state index contributed by atoms with van der Waals surface area (Å²) in [4.78, 5) is 34.6. The molecule has 0 atom stereocenters.